The molecule has 1 saturated heterocycles. The Morgan fingerprint density at radius 2 is 2.19 bits per heavy atom. The average Bonchev–Trinajstić information content (AvgIpc) is 2.96. The molecule has 0 bridgehead atoms. The number of aromatic nitrogens is 2. The summed E-state index contributed by atoms with van der Waals surface area (Å²) in [5, 5.41) is 13.3. The van der Waals surface area contributed by atoms with E-state index >= 15 is 0 Å². The molecular weight excluding hydrogens is 272 g/mol. The van der Waals surface area contributed by atoms with Crippen LogP contribution in [0, 0.1) is 5.92 Å². The highest BCUT2D eigenvalue weighted by Crippen LogP contribution is 2.34. The van der Waals surface area contributed by atoms with Gasteiger partial charge in [-0.3, -0.25) is 4.79 Å². The van der Waals surface area contributed by atoms with Gasteiger partial charge in [-0.05, 0) is 32.1 Å². The van der Waals surface area contributed by atoms with E-state index in [-0.39, 0.29) is 12.0 Å². The van der Waals surface area contributed by atoms with Crippen molar-refractivity contribution in [3.05, 3.63) is 23.9 Å². The average molecular weight is 292 g/mol. The Morgan fingerprint density at radius 3 is 2.95 bits per heavy atom. The molecule has 2 aliphatic rings. The van der Waals surface area contributed by atoms with Gasteiger partial charge >= 0.3 is 5.97 Å². The van der Waals surface area contributed by atoms with Crippen molar-refractivity contribution in [2.45, 2.75) is 50.5 Å². The number of nitrogens with zero attached hydrogens (tertiary/aromatic N) is 2. The van der Waals surface area contributed by atoms with Crippen molar-refractivity contribution in [3.63, 3.8) is 0 Å². The maximum atomic E-state index is 11.3. The Labute approximate surface area is 123 Å². The molecule has 114 valence electrons. The molecule has 21 heavy (non-hydrogen) atoms. The lowest BCUT2D eigenvalue weighted by Crippen LogP contribution is -2.24. The quantitative estimate of drug-likeness (QED) is 0.857. The van der Waals surface area contributed by atoms with Gasteiger partial charge in [0.15, 0.2) is 5.82 Å². The van der Waals surface area contributed by atoms with Crippen molar-refractivity contribution >= 4 is 5.97 Å². The standard InChI is InChI=1S/C15H20N2O4/c18-15(19)12-7-2-1-6-11(12)14-16-13(17-21-14)9-10-5-3-4-8-20-10/h1-2,10-12H,3-9H2,(H,18,19). The summed E-state index contributed by atoms with van der Waals surface area (Å²) in [6.07, 6.45) is 9.15. The van der Waals surface area contributed by atoms with Crippen LogP contribution in [0.4, 0.5) is 0 Å². The predicted molar refractivity (Wildman–Crippen MR) is 73.8 cm³/mol. The number of carboxylic acid groups (broad SMARTS) is 1. The van der Waals surface area contributed by atoms with Gasteiger partial charge in [-0.1, -0.05) is 17.3 Å². The molecule has 1 aliphatic carbocycles. The lowest BCUT2D eigenvalue weighted by Gasteiger charge is -2.21. The molecule has 1 N–H and O–H groups in total. The number of carboxylic acids is 1. The fraction of sp³-hybridized carbons (Fsp3) is 0.667. The maximum absolute atomic E-state index is 11.3. The molecule has 0 spiro atoms. The summed E-state index contributed by atoms with van der Waals surface area (Å²) in [6.45, 7) is 0.796. The van der Waals surface area contributed by atoms with Crippen LogP contribution in [0.25, 0.3) is 0 Å². The van der Waals surface area contributed by atoms with E-state index in [2.05, 4.69) is 10.1 Å². The number of allylic oxidation sites excluding steroid dienone is 2. The van der Waals surface area contributed by atoms with Gasteiger partial charge in [-0.2, -0.15) is 4.98 Å². The van der Waals surface area contributed by atoms with Crippen molar-refractivity contribution in [3.8, 4) is 0 Å². The third-order valence-corrected chi connectivity index (χ3v) is 4.23. The molecule has 3 unspecified atom stereocenters. The SMILES string of the molecule is O=C(O)C1CC=CCC1c1nc(CC2CCCCO2)no1. The zero-order chi connectivity index (χ0) is 14.7. The molecule has 0 amide bonds. The molecule has 6 heteroatoms. The monoisotopic (exact) mass is 292 g/mol. The fourth-order valence-electron chi connectivity index (χ4n) is 3.03. The van der Waals surface area contributed by atoms with Gasteiger partial charge in [0.25, 0.3) is 0 Å². The van der Waals surface area contributed by atoms with E-state index in [0.29, 0.717) is 31.0 Å². The Hall–Kier alpha value is -1.69. The van der Waals surface area contributed by atoms with E-state index < -0.39 is 11.9 Å². The number of rotatable bonds is 4. The highest BCUT2D eigenvalue weighted by Gasteiger charge is 2.34. The van der Waals surface area contributed by atoms with Gasteiger partial charge in [-0.25, -0.2) is 0 Å². The topological polar surface area (TPSA) is 85.5 Å². The summed E-state index contributed by atoms with van der Waals surface area (Å²) in [7, 11) is 0. The first-order valence-corrected chi connectivity index (χ1v) is 7.56. The molecular formula is C15H20N2O4. The molecule has 1 aliphatic heterocycles. The summed E-state index contributed by atoms with van der Waals surface area (Å²) >= 11 is 0. The largest absolute Gasteiger partial charge is 0.481 e. The second-order valence-electron chi connectivity index (χ2n) is 5.74. The van der Waals surface area contributed by atoms with Crippen molar-refractivity contribution in [2.75, 3.05) is 6.61 Å². The van der Waals surface area contributed by atoms with Gasteiger partial charge in [-0.15, -0.1) is 0 Å². The first kappa shape index (κ1) is 14.3. The smallest absolute Gasteiger partial charge is 0.307 e. The van der Waals surface area contributed by atoms with E-state index in [4.69, 9.17) is 9.26 Å². The summed E-state index contributed by atoms with van der Waals surface area (Å²) < 4.78 is 11.0. The van der Waals surface area contributed by atoms with Crippen molar-refractivity contribution in [1.29, 1.82) is 0 Å². The minimum Gasteiger partial charge on any atom is -0.481 e. The number of carbonyl (C=O) groups is 1. The van der Waals surface area contributed by atoms with Crippen LogP contribution >= 0.6 is 0 Å². The summed E-state index contributed by atoms with van der Waals surface area (Å²) in [6, 6.07) is 0. The van der Waals surface area contributed by atoms with Crippen LogP contribution in [0.15, 0.2) is 16.7 Å². The lowest BCUT2D eigenvalue weighted by atomic mass is 9.83. The van der Waals surface area contributed by atoms with Gasteiger partial charge in [0.1, 0.15) is 0 Å². The van der Waals surface area contributed by atoms with E-state index in [1.54, 1.807) is 0 Å². The second kappa shape index (κ2) is 6.39. The van der Waals surface area contributed by atoms with Gasteiger partial charge in [0.05, 0.1) is 17.9 Å². The van der Waals surface area contributed by atoms with Crippen molar-refractivity contribution in [2.24, 2.45) is 5.92 Å². The van der Waals surface area contributed by atoms with E-state index in [0.717, 1.165) is 19.4 Å². The maximum Gasteiger partial charge on any atom is 0.307 e. The molecule has 1 fully saturated rings. The Bertz CT molecular complexity index is 519. The molecule has 1 aromatic heterocycles. The molecule has 3 rings (SSSR count). The Morgan fingerprint density at radius 1 is 1.33 bits per heavy atom. The number of ether oxygens (including phenoxy) is 1. The molecule has 1 aromatic rings. The van der Waals surface area contributed by atoms with Gasteiger partial charge in [0.2, 0.25) is 5.89 Å². The number of aliphatic carboxylic acids is 1. The van der Waals surface area contributed by atoms with Crippen LogP contribution in [0.1, 0.15) is 49.7 Å². The van der Waals surface area contributed by atoms with Crippen molar-refractivity contribution in [1.82, 2.24) is 10.1 Å². The molecule has 0 radical (unpaired) electrons. The van der Waals surface area contributed by atoms with Crippen LogP contribution in [0.2, 0.25) is 0 Å². The second-order valence-corrected chi connectivity index (χ2v) is 5.74. The summed E-state index contributed by atoms with van der Waals surface area (Å²) in [4.78, 5) is 15.7. The third-order valence-electron chi connectivity index (χ3n) is 4.23. The molecule has 0 aromatic carbocycles. The third kappa shape index (κ3) is 3.32. The van der Waals surface area contributed by atoms with Crippen LogP contribution in [0.5, 0.6) is 0 Å². The summed E-state index contributed by atoms with van der Waals surface area (Å²) in [5.41, 5.74) is 0. The predicted octanol–water partition coefficient (Wildman–Crippen LogP) is 2.32. The van der Waals surface area contributed by atoms with E-state index in [1.807, 2.05) is 12.2 Å². The van der Waals surface area contributed by atoms with E-state index in [1.165, 1.54) is 6.42 Å². The van der Waals surface area contributed by atoms with Crippen LogP contribution in [-0.2, 0) is 16.0 Å². The highest BCUT2D eigenvalue weighted by molar-refractivity contribution is 5.71. The molecule has 6 nitrogen and oxygen atoms in total. The zero-order valence-corrected chi connectivity index (χ0v) is 11.9. The first-order valence-electron chi connectivity index (χ1n) is 7.56. The highest BCUT2D eigenvalue weighted by atomic mass is 16.5. The van der Waals surface area contributed by atoms with Gasteiger partial charge < -0.3 is 14.4 Å². The molecule has 2 heterocycles. The normalized spacial score (nSPS) is 29.4. The first-order chi connectivity index (χ1) is 10.2. The Balaban J connectivity index is 1.68. The van der Waals surface area contributed by atoms with Crippen LogP contribution in [-0.4, -0.2) is 33.9 Å². The number of hydrogen-bond acceptors (Lipinski definition) is 5. The zero-order valence-electron chi connectivity index (χ0n) is 11.9. The minimum atomic E-state index is -0.806. The fourth-order valence-corrected chi connectivity index (χ4v) is 3.03. The lowest BCUT2D eigenvalue weighted by molar-refractivity contribution is -0.142. The summed E-state index contributed by atoms with van der Waals surface area (Å²) in [5.74, 6) is -0.442. The van der Waals surface area contributed by atoms with Crippen LogP contribution < -0.4 is 0 Å². The van der Waals surface area contributed by atoms with Crippen LogP contribution in [0.3, 0.4) is 0 Å². The van der Waals surface area contributed by atoms with Crippen molar-refractivity contribution < 1.29 is 19.2 Å². The minimum absolute atomic E-state index is 0.158. The van der Waals surface area contributed by atoms with E-state index in [9.17, 15) is 9.90 Å². The number of hydrogen-bond donors (Lipinski definition) is 1. The Kier molecular flexibility index (Phi) is 4.34. The molecule has 0 saturated carbocycles. The van der Waals surface area contributed by atoms with Gasteiger partial charge in [0, 0.05) is 13.0 Å². The molecule has 3 atom stereocenters.